The Hall–Kier alpha value is -2.49. The number of ether oxygens (including phenoxy) is 2. The molecule has 0 saturated heterocycles. The maximum absolute atomic E-state index is 12.3. The quantitative estimate of drug-likeness (QED) is 0.820. The first-order valence-electron chi connectivity index (χ1n) is 8.18. The first kappa shape index (κ1) is 17.9. The lowest BCUT2D eigenvalue weighted by Gasteiger charge is -2.16. The second-order valence-electron chi connectivity index (χ2n) is 5.81. The highest BCUT2D eigenvalue weighted by molar-refractivity contribution is 5.91. The molecule has 0 bridgehead atoms. The van der Waals surface area contributed by atoms with E-state index in [0.29, 0.717) is 6.42 Å². The Morgan fingerprint density at radius 2 is 1.79 bits per heavy atom. The second kappa shape index (κ2) is 8.39. The van der Waals surface area contributed by atoms with E-state index in [1.165, 1.54) is 5.56 Å². The molecule has 0 spiro atoms. The summed E-state index contributed by atoms with van der Waals surface area (Å²) in [6.07, 6.45) is 1.38. The van der Waals surface area contributed by atoms with Gasteiger partial charge in [-0.25, -0.2) is 0 Å². The van der Waals surface area contributed by atoms with Gasteiger partial charge < -0.3 is 14.8 Å². The van der Waals surface area contributed by atoms with Crippen LogP contribution in [0.1, 0.15) is 37.3 Å². The summed E-state index contributed by atoms with van der Waals surface area (Å²) in [7, 11) is 3.25. The molecule has 2 rings (SSSR count). The van der Waals surface area contributed by atoms with Crippen molar-refractivity contribution in [3.05, 3.63) is 53.6 Å². The van der Waals surface area contributed by atoms with Crippen LogP contribution in [0.15, 0.2) is 42.5 Å². The summed E-state index contributed by atoms with van der Waals surface area (Å²) in [4.78, 5) is 12.3. The van der Waals surface area contributed by atoms with E-state index in [9.17, 15) is 4.79 Å². The maximum Gasteiger partial charge on any atom is 0.224 e. The number of nitrogens with one attached hydrogen (secondary N) is 1. The number of anilines is 1. The van der Waals surface area contributed by atoms with Gasteiger partial charge in [-0.3, -0.25) is 4.79 Å². The highest BCUT2D eigenvalue weighted by atomic mass is 16.5. The van der Waals surface area contributed by atoms with Crippen molar-refractivity contribution < 1.29 is 14.3 Å². The van der Waals surface area contributed by atoms with Crippen LogP contribution in [-0.2, 0) is 11.2 Å². The molecule has 0 aliphatic heterocycles. The minimum absolute atomic E-state index is 0.00961. The van der Waals surface area contributed by atoms with Crippen molar-refractivity contribution in [3.8, 4) is 11.5 Å². The minimum Gasteiger partial charge on any atom is -0.497 e. The van der Waals surface area contributed by atoms with Gasteiger partial charge in [-0.05, 0) is 41.7 Å². The van der Waals surface area contributed by atoms with Gasteiger partial charge in [-0.1, -0.05) is 32.0 Å². The smallest absolute Gasteiger partial charge is 0.224 e. The van der Waals surface area contributed by atoms with Crippen LogP contribution in [0.25, 0.3) is 0 Å². The summed E-state index contributed by atoms with van der Waals surface area (Å²) in [5, 5.41) is 2.95. The topological polar surface area (TPSA) is 47.6 Å². The Labute approximate surface area is 143 Å². The van der Waals surface area contributed by atoms with Crippen LogP contribution in [0, 0.1) is 0 Å². The second-order valence-corrected chi connectivity index (χ2v) is 5.81. The molecular weight excluding hydrogens is 302 g/mol. The third kappa shape index (κ3) is 4.51. The Morgan fingerprint density at radius 3 is 2.38 bits per heavy atom. The predicted molar refractivity (Wildman–Crippen MR) is 97.0 cm³/mol. The number of rotatable bonds is 7. The standard InChI is InChI=1S/C20H25NO3/c1-5-15-6-8-16(9-7-15)21-20(22)12-14(2)18-11-10-17(23-3)13-19(18)24-4/h6-11,13-14H,5,12H2,1-4H3,(H,21,22). The summed E-state index contributed by atoms with van der Waals surface area (Å²) in [6.45, 7) is 4.13. The normalized spacial score (nSPS) is 11.7. The van der Waals surface area contributed by atoms with Crippen LogP contribution >= 0.6 is 0 Å². The van der Waals surface area contributed by atoms with Gasteiger partial charge in [0.1, 0.15) is 11.5 Å². The molecule has 0 aromatic heterocycles. The highest BCUT2D eigenvalue weighted by Gasteiger charge is 2.16. The summed E-state index contributed by atoms with van der Waals surface area (Å²) < 4.78 is 10.6. The summed E-state index contributed by atoms with van der Waals surface area (Å²) in [6, 6.07) is 13.6. The minimum atomic E-state index is -0.00961. The zero-order valence-corrected chi connectivity index (χ0v) is 14.8. The molecule has 4 heteroatoms. The number of benzene rings is 2. The van der Waals surface area contributed by atoms with Crippen molar-refractivity contribution in [1.82, 2.24) is 0 Å². The molecule has 0 radical (unpaired) electrons. The Balaban J connectivity index is 2.02. The van der Waals surface area contributed by atoms with Crippen LogP contribution in [0.3, 0.4) is 0 Å². The van der Waals surface area contributed by atoms with Crippen LogP contribution in [-0.4, -0.2) is 20.1 Å². The fourth-order valence-electron chi connectivity index (χ4n) is 2.65. The first-order valence-corrected chi connectivity index (χ1v) is 8.18. The number of amides is 1. The van der Waals surface area contributed by atoms with Crippen LogP contribution in [0.4, 0.5) is 5.69 Å². The van der Waals surface area contributed by atoms with E-state index in [4.69, 9.17) is 9.47 Å². The molecule has 0 aliphatic rings. The molecule has 0 heterocycles. The summed E-state index contributed by atoms with van der Waals surface area (Å²) >= 11 is 0. The average molecular weight is 327 g/mol. The van der Waals surface area contributed by atoms with Crippen molar-refractivity contribution in [1.29, 1.82) is 0 Å². The number of hydrogen-bond donors (Lipinski definition) is 1. The molecular formula is C20H25NO3. The molecule has 1 N–H and O–H groups in total. The molecule has 1 unspecified atom stereocenters. The number of carbonyl (C=O) groups excluding carboxylic acids is 1. The van der Waals surface area contributed by atoms with Crippen LogP contribution in [0.2, 0.25) is 0 Å². The van der Waals surface area contributed by atoms with E-state index < -0.39 is 0 Å². The van der Waals surface area contributed by atoms with Crippen molar-refractivity contribution in [2.75, 3.05) is 19.5 Å². The molecule has 0 fully saturated rings. The van der Waals surface area contributed by atoms with Gasteiger partial charge in [0.05, 0.1) is 14.2 Å². The van der Waals surface area contributed by atoms with Gasteiger partial charge in [-0.2, -0.15) is 0 Å². The van der Waals surface area contributed by atoms with E-state index in [2.05, 4.69) is 12.2 Å². The number of carbonyl (C=O) groups is 1. The van der Waals surface area contributed by atoms with Crippen LogP contribution in [0.5, 0.6) is 11.5 Å². The SMILES string of the molecule is CCc1ccc(NC(=O)CC(C)c2ccc(OC)cc2OC)cc1. The van der Waals surface area contributed by atoms with Gasteiger partial charge in [0.15, 0.2) is 0 Å². The molecule has 2 aromatic rings. The Kier molecular flexibility index (Phi) is 6.24. The monoisotopic (exact) mass is 327 g/mol. The van der Waals surface area contributed by atoms with Crippen LogP contribution < -0.4 is 14.8 Å². The van der Waals surface area contributed by atoms with Crippen molar-refractivity contribution >= 4 is 11.6 Å². The molecule has 0 aliphatic carbocycles. The Bertz CT molecular complexity index is 680. The lowest BCUT2D eigenvalue weighted by atomic mass is 9.96. The number of aryl methyl sites for hydroxylation is 1. The van der Waals surface area contributed by atoms with E-state index in [1.807, 2.05) is 49.4 Å². The largest absolute Gasteiger partial charge is 0.497 e. The first-order chi connectivity index (χ1) is 11.6. The van der Waals surface area contributed by atoms with E-state index in [0.717, 1.165) is 29.2 Å². The van der Waals surface area contributed by atoms with Gasteiger partial charge >= 0.3 is 0 Å². The zero-order valence-electron chi connectivity index (χ0n) is 14.8. The van der Waals surface area contributed by atoms with Crippen molar-refractivity contribution in [2.24, 2.45) is 0 Å². The fraction of sp³-hybridized carbons (Fsp3) is 0.350. The van der Waals surface area contributed by atoms with E-state index in [1.54, 1.807) is 14.2 Å². The third-order valence-electron chi connectivity index (χ3n) is 4.11. The Morgan fingerprint density at radius 1 is 1.08 bits per heavy atom. The number of methoxy groups -OCH3 is 2. The van der Waals surface area contributed by atoms with Gasteiger partial charge in [-0.15, -0.1) is 0 Å². The average Bonchev–Trinajstić information content (AvgIpc) is 2.61. The predicted octanol–water partition coefficient (Wildman–Crippen LogP) is 4.40. The summed E-state index contributed by atoms with van der Waals surface area (Å²) in [5.41, 5.74) is 3.07. The van der Waals surface area contributed by atoms with Crippen molar-refractivity contribution in [2.45, 2.75) is 32.6 Å². The van der Waals surface area contributed by atoms with E-state index >= 15 is 0 Å². The molecule has 128 valence electrons. The molecule has 1 atom stereocenters. The molecule has 24 heavy (non-hydrogen) atoms. The lowest BCUT2D eigenvalue weighted by molar-refractivity contribution is -0.116. The maximum atomic E-state index is 12.3. The lowest BCUT2D eigenvalue weighted by Crippen LogP contribution is -2.14. The molecule has 4 nitrogen and oxygen atoms in total. The van der Waals surface area contributed by atoms with E-state index in [-0.39, 0.29) is 11.8 Å². The third-order valence-corrected chi connectivity index (χ3v) is 4.11. The van der Waals surface area contributed by atoms with Gasteiger partial charge in [0.25, 0.3) is 0 Å². The van der Waals surface area contributed by atoms with Crippen molar-refractivity contribution in [3.63, 3.8) is 0 Å². The highest BCUT2D eigenvalue weighted by Crippen LogP contribution is 2.32. The fourth-order valence-corrected chi connectivity index (χ4v) is 2.65. The molecule has 0 saturated carbocycles. The molecule has 1 amide bonds. The summed E-state index contributed by atoms with van der Waals surface area (Å²) in [5.74, 6) is 1.51. The zero-order chi connectivity index (χ0) is 17.5. The van der Waals surface area contributed by atoms with Gasteiger partial charge in [0, 0.05) is 18.2 Å². The van der Waals surface area contributed by atoms with Gasteiger partial charge in [0.2, 0.25) is 5.91 Å². The molecule has 2 aromatic carbocycles. The number of hydrogen-bond acceptors (Lipinski definition) is 3.